The summed E-state index contributed by atoms with van der Waals surface area (Å²) in [6.45, 7) is 3.26. The van der Waals surface area contributed by atoms with E-state index in [0.717, 1.165) is 12.1 Å². The van der Waals surface area contributed by atoms with Crippen molar-refractivity contribution in [1.29, 1.82) is 0 Å². The number of nitrogens with two attached hydrogens (primary N) is 1. The summed E-state index contributed by atoms with van der Waals surface area (Å²) in [5, 5.41) is 2.23. The van der Waals surface area contributed by atoms with E-state index in [4.69, 9.17) is 5.73 Å². The van der Waals surface area contributed by atoms with Crippen molar-refractivity contribution in [3.8, 4) is 0 Å². The van der Waals surface area contributed by atoms with Crippen LogP contribution in [0.4, 0.5) is 13.2 Å². The number of carbonyl (C=O) groups is 2. The van der Waals surface area contributed by atoms with Crippen LogP contribution >= 0.6 is 0 Å². The van der Waals surface area contributed by atoms with Gasteiger partial charge in [-0.05, 0) is 18.1 Å². The number of primary amides is 1. The van der Waals surface area contributed by atoms with Gasteiger partial charge in [0.05, 0.1) is 11.1 Å². The molecule has 0 saturated carbocycles. The topological polar surface area (TPSA) is 72.2 Å². The first-order chi connectivity index (χ1) is 9.14. The Kier molecular flexibility index (Phi) is 4.75. The van der Waals surface area contributed by atoms with Gasteiger partial charge in [0, 0.05) is 0 Å². The maximum Gasteiger partial charge on any atom is 0.417 e. The Morgan fingerprint density at radius 1 is 1.20 bits per heavy atom. The summed E-state index contributed by atoms with van der Waals surface area (Å²) in [7, 11) is 0. The highest BCUT2D eigenvalue weighted by Crippen LogP contribution is 2.31. The molecule has 1 aromatic carbocycles. The lowest BCUT2D eigenvalue weighted by Crippen LogP contribution is -2.48. The standard InChI is InChI=1S/C13H15F3N2O2/c1-7(2)10(11(17)19)18-12(20)8-5-3-4-6-9(8)13(14,15)16/h3-7,10H,1-2H3,(H2,17,19)(H,18,20)/t10-/m1/s1. The molecule has 0 aliphatic rings. The van der Waals surface area contributed by atoms with Gasteiger partial charge in [-0.25, -0.2) is 0 Å². The third-order valence-electron chi connectivity index (χ3n) is 2.74. The van der Waals surface area contributed by atoms with Gasteiger partial charge in [-0.15, -0.1) is 0 Å². The average molecular weight is 288 g/mol. The van der Waals surface area contributed by atoms with Crippen molar-refractivity contribution in [3.63, 3.8) is 0 Å². The van der Waals surface area contributed by atoms with Gasteiger partial charge in [-0.2, -0.15) is 13.2 Å². The Bertz CT molecular complexity index is 513. The summed E-state index contributed by atoms with van der Waals surface area (Å²) in [6, 6.07) is 3.34. The number of carbonyl (C=O) groups excluding carboxylic acids is 2. The number of nitrogens with one attached hydrogen (secondary N) is 1. The molecule has 0 aliphatic heterocycles. The molecule has 4 nitrogen and oxygen atoms in total. The predicted octanol–water partition coefficient (Wildman–Crippen LogP) is 1.95. The van der Waals surface area contributed by atoms with Crippen LogP contribution < -0.4 is 11.1 Å². The molecule has 1 aromatic rings. The fourth-order valence-corrected chi connectivity index (χ4v) is 1.71. The van der Waals surface area contributed by atoms with E-state index in [1.54, 1.807) is 13.8 Å². The summed E-state index contributed by atoms with van der Waals surface area (Å²) in [6.07, 6.45) is -4.64. The number of hydrogen-bond donors (Lipinski definition) is 2. The van der Waals surface area contributed by atoms with Crippen molar-refractivity contribution in [3.05, 3.63) is 35.4 Å². The summed E-state index contributed by atoms with van der Waals surface area (Å²) in [5.74, 6) is -2.09. The van der Waals surface area contributed by atoms with Crippen LogP contribution in [0.1, 0.15) is 29.8 Å². The van der Waals surface area contributed by atoms with Crippen LogP contribution in [0.3, 0.4) is 0 Å². The second kappa shape index (κ2) is 5.94. The highest BCUT2D eigenvalue weighted by atomic mass is 19.4. The molecular formula is C13H15F3N2O2. The zero-order valence-corrected chi connectivity index (χ0v) is 11.0. The Morgan fingerprint density at radius 2 is 1.75 bits per heavy atom. The van der Waals surface area contributed by atoms with Crippen LogP contribution in [0.15, 0.2) is 24.3 Å². The van der Waals surface area contributed by atoms with Crippen LogP contribution in [-0.2, 0) is 11.0 Å². The molecular weight excluding hydrogens is 273 g/mol. The number of halogens is 3. The molecule has 0 heterocycles. The fourth-order valence-electron chi connectivity index (χ4n) is 1.71. The van der Waals surface area contributed by atoms with E-state index < -0.39 is 35.2 Å². The minimum Gasteiger partial charge on any atom is -0.368 e. The molecule has 3 N–H and O–H groups in total. The molecule has 0 fully saturated rings. The van der Waals surface area contributed by atoms with Crippen molar-refractivity contribution in [2.45, 2.75) is 26.1 Å². The smallest absolute Gasteiger partial charge is 0.368 e. The minimum absolute atomic E-state index is 0.325. The molecule has 1 rings (SSSR count). The maximum absolute atomic E-state index is 12.8. The quantitative estimate of drug-likeness (QED) is 0.888. The van der Waals surface area contributed by atoms with Gasteiger partial charge in [0.1, 0.15) is 6.04 Å². The monoisotopic (exact) mass is 288 g/mol. The Balaban J connectivity index is 3.07. The van der Waals surface area contributed by atoms with E-state index in [-0.39, 0.29) is 5.92 Å². The van der Waals surface area contributed by atoms with Crippen LogP contribution in [0.2, 0.25) is 0 Å². The summed E-state index contributed by atoms with van der Waals surface area (Å²) in [4.78, 5) is 23.1. The van der Waals surface area contributed by atoms with Gasteiger partial charge in [0.25, 0.3) is 5.91 Å². The van der Waals surface area contributed by atoms with Crippen molar-refractivity contribution in [2.75, 3.05) is 0 Å². The van der Waals surface area contributed by atoms with Crippen LogP contribution in [0.25, 0.3) is 0 Å². The van der Waals surface area contributed by atoms with Crippen LogP contribution in [-0.4, -0.2) is 17.9 Å². The van der Waals surface area contributed by atoms with Gasteiger partial charge < -0.3 is 11.1 Å². The number of amides is 2. The third-order valence-corrected chi connectivity index (χ3v) is 2.74. The molecule has 0 radical (unpaired) electrons. The lowest BCUT2D eigenvalue weighted by atomic mass is 10.0. The zero-order valence-electron chi connectivity index (χ0n) is 11.0. The lowest BCUT2D eigenvalue weighted by Gasteiger charge is -2.20. The van der Waals surface area contributed by atoms with Crippen LogP contribution in [0, 0.1) is 5.92 Å². The fraction of sp³-hybridized carbons (Fsp3) is 0.385. The van der Waals surface area contributed by atoms with Crippen LogP contribution in [0.5, 0.6) is 0 Å². The highest BCUT2D eigenvalue weighted by Gasteiger charge is 2.35. The Morgan fingerprint density at radius 3 is 2.20 bits per heavy atom. The minimum atomic E-state index is -4.64. The first-order valence-corrected chi connectivity index (χ1v) is 5.91. The van der Waals surface area contributed by atoms with Crippen molar-refractivity contribution < 1.29 is 22.8 Å². The third kappa shape index (κ3) is 3.72. The summed E-state index contributed by atoms with van der Waals surface area (Å²) >= 11 is 0. The summed E-state index contributed by atoms with van der Waals surface area (Å²) in [5.41, 5.74) is 3.53. The van der Waals surface area contributed by atoms with E-state index in [2.05, 4.69) is 5.32 Å². The molecule has 1 atom stereocenters. The normalized spacial score (nSPS) is 13.1. The maximum atomic E-state index is 12.8. The van der Waals surface area contributed by atoms with Crippen molar-refractivity contribution in [2.24, 2.45) is 11.7 Å². The number of hydrogen-bond acceptors (Lipinski definition) is 2. The largest absolute Gasteiger partial charge is 0.417 e. The number of alkyl halides is 3. The number of rotatable bonds is 4. The summed E-state index contributed by atoms with van der Waals surface area (Å²) < 4.78 is 38.4. The second-order valence-electron chi connectivity index (χ2n) is 4.64. The molecule has 0 spiro atoms. The molecule has 110 valence electrons. The van der Waals surface area contributed by atoms with Gasteiger partial charge >= 0.3 is 6.18 Å². The van der Waals surface area contributed by atoms with E-state index in [1.165, 1.54) is 12.1 Å². The van der Waals surface area contributed by atoms with Gasteiger partial charge in [0.15, 0.2) is 0 Å². The van der Waals surface area contributed by atoms with E-state index in [0.29, 0.717) is 0 Å². The SMILES string of the molecule is CC(C)[C@@H](NC(=O)c1ccccc1C(F)(F)F)C(N)=O. The molecule has 2 amide bonds. The number of benzene rings is 1. The van der Waals surface area contributed by atoms with E-state index in [1.807, 2.05) is 0 Å². The Labute approximate surface area is 114 Å². The first kappa shape index (κ1) is 16.0. The van der Waals surface area contributed by atoms with Crippen molar-refractivity contribution in [1.82, 2.24) is 5.32 Å². The molecule has 7 heteroatoms. The van der Waals surface area contributed by atoms with Crippen molar-refractivity contribution >= 4 is 11.8 Å². The lowest BCUT2D eigenvalue weighted by molar-refractivity contribution is -0.137. The molecule has 0 bridgehead atoms. The predicted molar refractivity (Wildman–Crippen MR) is 66.7 cm³/mol. The first-order valence-electron chi connectivity index (χ1n) is 5.91. The average Bonchev–Trinajstić information content (AvgIpc) is 2.33. The molecule has 0 aliphatic carbocycles. The van der Waals surface area contributed by atoms with E-state index >= 15 is 0 Å². The van der Waals surface area contributed by atoms with Gasteiger partial charge in [-0.3, -0.25) is 9.59 Å². The molecule has 20 heavy (non-hydrogen) atoms. The molecule has 0 saturated heterocycles. The van der Waals surface area contributed by atoms with Gasteiger partial charge in [0.2, 0.25) is 5.91 Å². The molecule has 0 unspecified atom stereocenters. The molecule has 0 aromatic heterocycles. The zero-order chi connectivity index (χ0) is 15.5. The van der Waals surface area contributed by atoms with Gasteiger partial charge in [-0.1, -0.05) is 26.0 Å². The Hall–Kier alpha value is -2.05. The second-order valence-corrected chi connectivity index (χ2v) is 4.64. The highest BCUT2D eigenvalue weighted by molar-refractivity contribution is 5.98. The van der Waals surface area contributed by atoms with E-state index in [9.17, 15) is 22.8 Å².